The molecule has 1 aliphatic heterocycles. The zero-order chi connectivity index (χ0) is 15.1. The predicted octanol–water partition coefficient (Wildman–Crippen LogP) is 3.37. The van der Waals surface area contributed by atoms with E-state index in [2.05, 4.69) is 30.1 Å². The fraction of sp³-hybridized carbons (Fsp3) is 0.529. The van der Waals surface area contributed by atoms with E-state index in [0.29, 0.717) is 12.1 Å². The summed E-state index contributed by atoms with van der Waals surface area (Å²) in [5.74, 6) is 1.83. The SMILES string of the molecule is CCNC(=NCc1ccc(C#N)cc1)N1CCC(C)CC1.I. The third-order valence-corrected chi connectivity index (χ3v) is 3.91. The number of nitrogens with one attached hydrogen (secondary N) is 1. The van der Waals surface area contributed by atoms with Gasteiger partial charge in [0.15, 0.2) is 5.96 Å². The van der Waals surface area contributed by atoms with Gasteiger partial charge in [0.25, 0.3) is 0 Å². The molecule has 22 heavy (non-hydrogen) atoms. The van der Waals surface area contributed by atoms with Crippen LogP contribution in [-0.4, -0.2) is 30.5 Å². The molecule has 4 nitrogen and oxygen atoms in total. The molecule has 120 valence electrons. The monoisotopic (exact) mass is 412 g/mol. The molecule has 1 heterocycles. The highest BCUT2D eigenvalue weighted by atomic mass is 127. The summed E-state index contributed by atoms with van der Waals surface area (Å²) in [6.07, 6.45) is 2.47. The van der Waals surface area contributed by atoms with Crippen LogP contribution in [0.2, 0.25) is 0 Å². The lowest BCUT2D eigenvalue weighted by Gasteiger charge is -2.33. The summed E-state index contributed by atoms with van der Waals surface area (Å²) >= 11 is 0. The first-order chi connectivity index (χ1) is 10.2. The average Bonchev–Trinajstić information content (AvgIpc) is 2.53. The van der Waals surface area contributed by atoms with E-state index in [-0.39, 0.29) is 24.0 Å². The molecule has 1 aromatic rings. The molecular weight excluding hydrogens is 387 g/mol. The average molecular weight is 412 g/mol. The number of hydrogen-bond donors (Lipinski definition) is 1. The second-order valence-corrected chi connectivity index (χ2v) is 5.65. The van der Waals surface area contributed by atoms with Gasteiger partial charge < -0.3 is 10.2 Å². The van der Waals surface area contributed by atoms with E-state index in [1.807, 2.05) is 24.3 Å². The molecule has 1 fully saturated rings. The van der Waals surface area contributed by atoms with E-state index >= 15 is 0 Å². The number of halogens is 1. The van der Waals surface area contributed by atoms with Crippen LogP contribution in [0.3, 0.4) is 0 Å². The van der Waals surface area contributed by atoms with Gasteiger partial charge in [-0.2, -0.15) is 5.26 Å². The number of nitrogens with zero attached hydrogens (tertiary/aromatic N) is 3. The van der Waals surface area contributed by atoms with E-state index in [1.54, 1.807) is 0 Å². The fourth-order valence-electron chi connectivity index (χ4n) is 2.50. The summed E-state index contributed by atoms with van der Waals surface area (Å²) in [4.78, 5) is 7.09. The smallest absolute Gasteiger partial charge is 0.194 e. The molecule has 0 bridgehead atoms. The maximum Gasteiger partial charge on any atom is 0.194 e. The summed E-state index contributed by atoms with van der Waals surface area (Å²) in [5, 5.41) is 12.2. The Bertz CT molecular complexity index is 510. The molecule has 0 unspecified atom stereocenters. The van der Waals surface area contributed by atoms with Gasteiger partial charge in [0, 0.05) is 19.6 Å². The molecule has 1 aromatic carbocycles. The van der Waals surface area contributed by atoms with Gasteiger partial charge in [-0.15, -0.1) is 24.0 Å². The van der Waals surface area contributed by atoms with Gasteiger partial charge in [-0.1, -0.05) is 19.1 Å². The summed E-state index contributed by atoms with van der Waals surface area (Å²) in [6, 6.07) is 9.79. The molecule has 0 saturated carbocycles. The first kappa shape index (κ1) is 18.8. The standard InChI is InChI=1S/C17H24N4.HI/c1-3-19-17(21-10-8-14(2)9-11-21)20-13-16-6-4-15(12-18)5-7-16;/h4-7,14H,3,8-11,13H2,1-2H3,(H,19,20);1H. The zero-order valence-electron chi connectivity index (χ0n) is 13.4. The van der Waals surface area contributed by atoms with Crippen molar-refractivity contribution in [1.82, 2.24) is 10.2 Å². The van der Waals surface area contributed by atoms with Crippen molar-refractivity contribution in [2.75, 3.05) is 19.6 Å². The molecule has 1 saturated heterocycles. The van der Waals surface area contributed by atoms with Crippen molar-refractivity contribution in [1.29, 1.82) is 5.26 Å². The second kappa shape index (κ2) is 9.67. The van der Waals surface area contributed by atoms with Crippen LogP contribution in [0.25, 0.3) is 0 Å². The van der Waals surface area contributed by atoms with Crippen LogP contribution in [0.5, 0.6) is 0 Å². The van der Waals surface area contributed by atoms with Gasteiger partial charge in [0.2, 0.25) is 0 Å². The molecule has 0 aromatic heterocycles. The Morgan fingerprint density at radius 2 is 1.95 bits per heavy atom. The molecule has 1 aliphatic rings. The van der Waals surface area contributed by atoms with Crippen molar-refractivity contribution in [3.05, 3.63) is 35.4 Å². The van der Waals surface area contributed by atoms with Gasteiger partial charge in [0.1, 0.15) is 0 Å². The van der Waals surface area contributed by atoms with Crippen molar-refractivity contribution >= 4 is 29.9 Å². The van der Waals surface area contributed by atoms with Crippen LogP contribution < -0.4 is 5.32 Å². The van der Waals surface area contributed by atoms with Crippen LogP contribution >= 0.6 is 24.0 Å². The van der Waals surface area contributed by atoms with Crippen molar-refractivity contribution in [2.45, 2.75) is 33.2 Å². The van der Waals surface area contributed by atoms with Crippen molar-refractivity contribution in [3.63, 3.8) is 0 Å². The van der Waals surface area contributed by atoms with E-state index < -0.39 is 0 Å². The van der Waals surface area contributed by atoms with Gasteiger partial charge >= 0.3 is 0 Å². The highest BCUT2D eigenvalue weighted by molar-refractivity contribution is 14.0. The largest absolute Gasteiger partial charge is 0.357 e. The Kier molecular flexibility index (Phi) is 8.25. The fourth-order valence-corrected chi connectivity index (χ4v) is 2.50. The van der Waals surface area contributed by atoms with Gasteiger partial charge in [-0.3, -0.25) is 0 Å². The number of hydrogen-bond acceptors (Lipinski definition) is 2. The number of rotatable bonds is 3. The van der Waals surface area contributed by atoms with Gasteiger partial charge in [0.05, 0.1) is 18.2 Å². The minimum absolute atomic E-state index is 0. The first-order valence-corrected chi connectivity index (χ1v) is 7.75. The third-order valence-electron chi connectivity index (χ3n) is 3.91. The van der Waals surface area contributed by atoms with E-state index in [9.17, 15) is 0 Å². The number of likely N-dealkylation sites (tertiary alicyclic amines) is 1. The molecule has 5 heteroatoms. The summed E-state index contributed by atoms with van der Waals surface area (Å²) < 4.78 is 0. The normalized spacial score (nSPS) is 15.9. The molecule has 0 atom stereocenters. The topological polar surface area (TPSA) is 51.4 Å². The molecule has 0 radical (unpaired) electrons. The Morgan fingerprint density at radius 1 is 1.32 bits per heavy atom. The Labute approximate surface area is 150 Å². The van der Waals surface area contributed by atoms with E-state index in [4.69, 9.17) is 10.3 Å². The van der Waals surface area contributed by atoms with Crippen molar-refractivity contribution in [2.24, 2.45) is 10.9 Å². The highest BCUT2D eigenvalue weighted by Gasteiger charge is 2.18. The lowest BCUT2D eigenvalue weighted by molar-refractivity contribution is 0.273. The number of piperidine rings is 1. The number of aliphatic imine (C=N–C) groups is 1. The van der Waals surface area contributed by atoms with Crippen LogP contribution in [-0.2, 0) is 6.54 Å². The maximum atomic E-state index is 8.81. The summed E-state index contributed by atoms with van der Waals surface area (Å²) in [7, 11) is 0. The molecule has 0 spiro atoms. The number of nitriles is 1. The third kappa shape index (κ3) is 5.48. The lowest BCUT2D eigenvalue weighted by atomic mass is 10.00. The highest BCUT2D eigenvalue weighted by Crippen LogP contribution is 2.16. The van der Waals surface area contributed by atoms with Crippen LogP contribution in [0.4, 0.5) is 0 Å². The summed E-state index contributed by atoms with van der Waals surface area (Å²) in [5.41, 5.74) is 1.83. The zero-order valence-corrected chi connectivity index (χ0v) is 15.7. The Morgan fingerprint density at radius 3 is 2.50 bits per heavy atom. The molecule has 0 amide bonds. The first-order valence-electron chi connectivity index (χ1n) is 7.75. The predicted molar refractivity (Wildman–Crippen MR) is 101 cm³/mol. The lowest BCUT2D eigenvalue weighted by Crippen LogP contribution is -2.45. The molecule has 2 rings (SSSR count). The number of guanidine groups is 1. The van der Waals surface area contributed by atoms with Crippen LogP contribution in [0.1, 0.15) is 37.8 Å². The quantitative estimate of drug-likeness (QED) is 0.471. The minimum atomic E-state index is 0. The van der Waals surface area contributed by atoms with Crippen molar-refractivity contribution < 1.29 is 0 Å². The molecule has 1 N–H and O–H groups in total. The van der Waals surface area contributed by atoms with E-state index in [1.165, 1.54) is 12.8 Å². The van der Waals surface area contributed by atoms with Crippen molar-refractivity contribution in [3.8, 4) is 6.07 Å². The van der Waals surface area contributed by atoms with Gasteiger partial charge in [-0.25, -0.2) is 4.99 Å². The van der Waals surface area contributed by atoms with Gasteiger partial charge in [-0.05, 0) is 43.4 Å². The van der Waals surface area contributed by atoms with Crippen LogP contribution in [0.15, 0.2) is 29.3 Å². The second-order valence-electron chi connectivity index (χ2n) is 5.65. The van der Waals surface area contributed by atoms with Crippen LogP contribution in [0, 0.1) is 17.2 Å². The molecular formula is C17H25IN4. The Balaban J connectivity index is 0.00000242. The molecule has 0 aliphatic carbocycles. The minimum Gasteiger partial charge on any atom is -0.357 e. The maximum absolute atomic E-state index is 8.81. The number of benzene rings is 1. The summed E-state index contributed by atoms with van der Waals surface area (Å²) in [6.45, 7) is 8.13. The Hall–Kier alpha value is -1.29. The van der Waals surface area contributed by atoms with E-state index in [0.717, 1.165) is 37.1 Å².